The third-order valence-corrected chi connectivity index (χ3v) is 9.59. The molecule has 0 aromatic carbocycles. The van der Waals surface area contributed by atoms with Crippen molar-refractivity contribution in [2.45, 2.75) is 108 Å². The van der Waals surface area contributed by atoms with Crippen molar-refractivity contribution in [3.05, 3.63) is 0 Å². The summed E-state index contributed by atoms with van der Waals surface area (Å²) in [4.78, 5) is 127. The fraction of sp³-hybridized carbons (Fsp3) is 0.688. The van der Waals surface area contributed by atoms with Crippen molar-refractivity contribution in [3.8, 4) is 0 Å². The van der Waals surface area contributed by atoms with E-state index in [4.69, 9.17) is 16.6 Å². The number of carbonyl (C=O) groups excluding carboxylic acids is 8. The molecule has 0 aliphatic carbocycles. The number of nitrogens with two attached hydrogens (primary N) is 2. The molecule has 56 heavy (non-hydrogen) atoms. The highest BCUT2D eigenvalue weighted by Gasteiger charge is 2.40. The monoisotopic (exact) mass is 835 g/mol. The molecule has 316 valence electrons. The molecular formula is C32H53N9O13S2. The lowest BCUT2D eigenvalue weighted by atomic mass is 9.96. The zero-order chi connectivity index (χ0) is 42.9. The Morgan fingerprint density at radius 2 is 1.34 bits per heavy atom. The molecule has 13 N–H and O–H groups in total. The Morgan fingerprint density at radius 3 is 1.86 bits per heavy atom. The van der Waals surface area contributed by atoms with Gasteiger partial charge in [0.25, 0.3) is 0 Å². The van der Waals surface area contributed by atoms with Gasteiger partial charge in [-0.15, -0.1) is 0 Å². The second-order valence-electron chi connectivity index (χ2n) is 13.1. The highest BCUT2D eigenvalue weighted by atomic mass is 32.1. The van der Waals surface area contributed by atoms with E-state index in [1.807, 2.05) is 0 Å². The predicted molar refractivity (Wildman–Crippen MR) is 203 cm³/mol. The number of nitrogens with zero attached hydrogens (tertiary/aromatic N) is 1. The van der Waals surface area contributed by atoms with Gasteiger partial charge in [0, 0.05) is 24.5 Å². The maximum Gasteiger partial charge on any atom is 0.325 e. The van der Waals surface area contributed by atoms with Gasteiger partial charge in [0.1, 0.15) is 42.3 Å². The van der Waals surface area contributed by atoms with Crippen LogP contribution in [0.1, 0.15) is 59.3 Å². The van der Waals surface area contributed by atoms with Crippen molar-refractivity contribution < 1.29 is 63.3 Å². The molecule has 0 aromatic heterocycles. The van der Waals surface area contributed by atoms with Crippen LogP contribution in [0.4, 0.5) is 0 Å². The minimum Gasteiger partial charge on any atom is -0.481 e. The van der Waals surface area contributed by atoms with E-state index in [0.29, 0.717) is 6.42 Å². The van der Waals surface area contributed by atoms with E-state index in [-0.39, 0.29) is 43.7 Å². The summed E-state index contributed by atoms with van der Waals surface area (Å²) >= 11 is 7.98. The number of carbonyl (C=O) groups is 10. The molecule has 0 bridgehead atoms. The number of likely N-dealkylation sites (tertiary alicyclic amines) is 1. The first-order valence-corrected chi connectivity index (χ1v) is 18.9. The molecule has 0 spiro atoms. The van der Waals surface area contributed by atoms with Gasteiger partial charge in [-0.1, -0.05) is 20.3 Å². The van der Waals surface area contributed by atoms with Gasteiger partial charge in [-0.25, -0.2) is 0 Å². The summed E-state index contributed by atoms with van der Waals surface area (Å²) in [5.41, 5.74) is 10.9. The SMILES string of the molecule is CC[C@H](C)[C@H](NC(=O)[C@H](CCC(N)=O)NC(=O)[C@@H](N)CS)C(=O)N[C@@H](CC(=O)O)C(=O)N[C@@H](CO)C(=O)N1CCC[C@H]1C(=O)N[C@@H](CS)C(=O)N[C@@H](C)C(=O)O. The standard InChI is InChI=1S/C32H53N9O13S2/c1-4-14(2)24(40-26(47)17(7-8-22(34)43)36-25(46)16(33)12-55)30(51)37-18(10-23(44)45)27(48)38-19(11-42)31(52)41-9-5-6-21(41)29(50)39-20(13-56)28(49)35-15(3)32(53)54/h14-21,24,42,55-56H,4-13,33H2,1-3H3,(H2,34,43)(H,35,49)(H,36,46)(H,37,51)(H,38,48)(H,39,50)(H,40,47)(H,44,45)(H,53,54)/t14-,15-,16-,17-,18-,19-,20-,21-,24-/m0/s1. The van der Waals surface area contributed by atoms with Gasteiger partial charge in [-0.2, -0.15) is 25.3 Å². The summed E-state index contributed by atoms with van der Waals surface area (Å²) in [6, 6.07) is -11.2. The first kappa shape index (κ1) is 49.3. The Labute approximate surface area is 333 Å². The number of aliphatic carboxylic acids is 2. The highest BCUT2D eigenvalue weighted by Crippen LogP contribution is 2.19. The lowest BCUT2D eigenvalue weighted by Crippen LogP contribution is -2.61. The van der Waals surface area contributed by atoms with Crippen LogP contribution in [-0.2, 0) is 47.9 Å². The maximum atomic E-state index is 13.6. The molecular weight excluding hydrogens is 783 g/mol. The van der Waals surface area contributed by atoms with Crippen LogP contribution >= 0.6 is 25.3 Å². The smallest absolute Gasteiger partial charge is 0.325 e. The van der Waals surface area contributed by atoms with Gasteiger partial charge in [-0.05, 0) is 32.1 Å². The van der Waals surface area contributed by atoms with Crippen molar-refractivity contribution in [1.29, 1.82) is 0 Å². The van der Waals surface area contributed by atoms with Gasteiger partial charge >= 0.3 is 11.9 Å². The molecule has 1 aliphatic rings. The third kappa shape index (κ3) is 15.5. The summed E-state index contributed by atoms with van der Waals surface area (Å²) in [6.45, 7) is 3.43. The number of nitrogens with one attached hydrogen (secondary N) is 6. The molecule has 0 radical (unpaired) electrons. The predicted octanol–water partition coefficient (Wildman–Crippen LogP) is -5.04. The van der Waals surface area contributed by atoms with E-state index in [9.17, 15) is 58.2 Å². The van der Waals surface area contributed by atoms with Crippen LogP contribution in [0, 0.1) is 5.92 Å². The number of hydrogen-bond donors (Lipinski definition) is 13. The van der Waals surface area contributed by atoms with E-state index in [1.165, 1.54) is 6.92 Å². The van der Waals surface area contributed by atoms with Crippen molar-refractivity contribution in [2.24, 2.45) is 17.4 Å². The van der Waals surface area contributed by atoms with Crippen molar-refractivity contribution in [1.82, 2.24) is 36.8 Å². The fourth-order valence-electron chi connectivity index (χ4n) is 5.32. The number of primary amides is 1. The number of rotatable bonds is 24. The Hall–Kier alpha value is -4.68. The van der Waals surface area contributed by atoms with E-state index in [2.05, 4.69) is 57.2 Å². The number of aliphatic hydroxyl groups excluding tert-OH is 1. The number of amides is 8. The van der Waals surface area contributed by atoms with Gasteiger partial charge in [0.05, 0.1) is 19.1 Å². The zero-order valence-corrected chi connectivity index (χ0v) is 33.0. The molecule has 24 heteroatoms. The van der Waals surface area contributed by atoms with Gasteiger partial charge in [-0.3, -0.25) is 47.9 Å². The highest BCUT2D eigenvalue weighted by molar-refractivity contribution is 7.80. The lowest BCUT2D eigenvalue weighted by molar-refractivity contribution is -0.144. The average Bonchev–Trinajstić information content (AvgIpc) is 3.64. The molecule has 1 heterocycles. The van der Waals surface area contributed by atoms with Gasteiger partial charge in [0.15, 0.2) is 0 Å². The summed E-state index contributed by atoms with van der Waals surface area (Å²) in [6.07, 6.45) is -0.899. The second kappa shape index (κ2) is 24.1. The van der Waals surface area contributed by atoms with Gasteiger partial charge < -0.3 is 63.6 Å². The van der Waals surface area contributed by atoms with Crippen molar-refractivity contribution >= 4 is 84.5 Å². The average molecular weight is 836 g/mol. The summed E-state index contributed by atoms with van der Waals surface area (Å²) in [5, 5.41) is 42.6. The normalized spacial score (nSPS) is 18.0. The fourth-order valence-corrected chi connectivity index (χ4v) is 5.74. The van der Waals surface area contributed by atoms with E-state index in [0.717, 1.165) is 4.90 Å². The van der Waals surface area contributed by atoms with E-state index >= 15 is 0 Å². The van der Waals surface area contributed by atoms with E-state index < -0.39 is 126 Å². The topological polar surface area (TPSA) is 359 Å². The van der Waals surface area contributed by atoms with Crippen LogP contribution in [0.2, 0.25) is 0 Å². The molecule has 1 fully saturated rings. The number of carboxylic acids is 2. The van der Waals surface area contributed by atoms with Crippen LogP contribution in [0.25, 0.3) is 0 Å². The number of carboxylic acid groups (broad SMARTS) is 2. The summed E-state index contributed by atoms with van der Waals surface area (Å²) in [5.74, 6) is -11.1. The van der Waals surface area contributed by atoms with Crippen LogP contribution < -0.4 is 43.4 Å². The molecule has 22 nitrogen and oxygen atoms in total. The minimum absolute atomic E-state index is 0.00980. The maximum absolute atomic E-state index is 13.6. The van der Waals surface area contributed by atoms with Crippen LogP contribution in [-0.4, -0.2) is 152 Å². The Kier molecular flexibility index (Phi) is 21.2. The minimum atomic E-state index is -1.86. The summed E-state index contributed by atoms with van der Waals surface area (Å²) < 4.78 is 0. The first-order chi connectivity index (χ1) is 26.2. The molecule has 0 unspecified atom stereocenters. The van der Waals surface area contributed by atoms with E-state index in [1.54, 1.807) is 13.8 Å². The number of aliphatic hydroxyl groups is 1. The quantitative estimate of drug-likeness (QED) is 0.0405. The molecule has 1 saturated heterocycles. The molecule has 8 amide bonds. The number of hydrogen-bond acceptors (Lipinski definition) is 14. The van der Waals surface area contributed by atoms with Crippen LogP contribution in [0.3, 0.4) is 0 Å². The van der Waals surface area contributed by atoms with Crippen molar-refractivity contribution in [2.75, 3.05) is 24.7 Å². The van der Waals surface area contributed by atoms with Gasteiger partial charge in [0.2, 0.25) is 47.3 Å². The Morgan fingerprint density at radius 1 is 0.768 bits per heavy atom. The van der Waals surface area contributed by atoms with Crippen LogP contribution in [0.5, 0.6) is 0 Å². The molecule has 0 saturated carbocycles. The van der Waals surface area contributed by atoms with Crippen molar-refractivity contribution in [3.63, 3.8) is 0 Å². The first-order valence-electron chi connectivity index (χ1n) is 17.7. The number of thiol groups is 2. The molecule has 0 aromatic rings. The largest absolute Gasteiger partial charge is 0.481 e. The lowest BCUT2D eigenvalue weighted by Gasteiger charge is -2.30. The summed E-state index contributed by atoms with van der Waals surface area (Å²) in [7, 11) is 0. The Balaban J connectivity index is 3.20. The third-order valence-electron chi connectivity index (χ3n) is 8.83. The zero-order valence-electron chi connectivity index (χ0n) is 31.2. The Bertz CT molecular complexity index is 1470. The van der Waals surface area contributed by atoms with Crippen LogP contribution in [0.15, 0.2) is 0 Å². The molecule has 1 aliphatic heterocycles. The second-order valence-corrected chi connectivity index (χ2v) is 13.9. The molecule has 1 rings (SSSR count). The molecule has 9 atom stereocenters.